The van der Waals surface area contributed by atoms with Gasteiger partial charge in [0.05, 0.1) is 4.88 Å². The number of thiophene rings is 1. The Hall–Kier alpha value is -2.47. The van der Waals surface area contributed by atoms with Gasteiger partial charge in [0.2, 0.25) is 5.78 Å². The van der Waals surface area contributed by atoms with Crippen LogP contribution in [0.15, 0.2) is 46.9 Å². The molecule has 1 saturated carbocycles. The molecule has 2 aromatic rings. The minimum Gasteiger partial charge on any atom is -0.481 e. The van der Waals surface area contributed by atoms with Crippen LogP contribution in [-0.4, -0.2) is 27.8 Å². The van der Waals surface area contributed by atoms with Gasteiger partial charge in [-0.15, -0.1) is 11.3 Å². The molecule has 1 aromatic carbocycles. The average Bonchev–Trinajstić information content (AvgIpc) is 3.17. The molecular formula is C21H25NO4S. The van der Waals surface area contributed by atoms with Crippen LogP contribution in [0.1, 0.15) is 55.1 Å². The highest BCUT2D eigenvalue weighted by Gasteiger charge is 2.23. The summed E-state index contributed by atoms with van der Waals surface area (Å²) < 4.78 is 0. The van der Waals surface area contributed by atoms with E-state index in [0.717, 1.165) is 30.9 Å². The summed E-state index contributed by atoms with van der Waals surface area (Å²) in [5, 5.41) is 22.0. The lowest BCUT2D eigenvalue weighted by atomic mass is 9.85. The largest absolute Gasteiger partial charge is 0.481 e. The van der Waals surface area contributed by atoms with Crippen LogP contribution in [0.25, 0.3) is 11.1 Å². The van der Waals surface area contributed by atoms with Gasteiger partial charge >= 0.3 is 0 Å². The van der Waals surface area contributed by atoms with E-state index >= 15 is 0 Å². The zero-order chi connectivity index (χ0) is 19.6. The number of hydrogen-bond donors (Lipinski definition) is 2. The Balaban J connectivity index is 0.000000596. The molecule has 1 heterocycles. The molecule has 0 atom stereocenters. The van der Waals surface area contributed by atoms with Crippen LogP contribution < -0.4 is 0 Å². The molecular weight excluding hydrogens is 362 g/mol. The Labute approximate surface area is 163 Å². The predicted molar refractivity (Wildman–Crippen MR) is 108 cm³/mol. The summed E-state index contributed by atoms with van der Waals surface area (Å²) in [5.41, 5.74) is 2.44. The molecule has 1 aliphatic carbocycles. The zero-order valence-electron chi connectivity index (χ0n) is 15.4. The highest BCUT2D eigenvalue weighted by molar-refractivity contribution is 7.13. The summed E-state index contributed by atoms with van der Waals surface area (Å²) in [6.07, 6.45) is 6.57. The van der Waals surface area contributed by atoms with Crippen molar-refractivity contribution >= 4 is 28.8 Å². The van der Waals surface area contributed by atoms with E-state index in [1.165, 1.54) is 30.6 Å². The minimum absolute atomic E-state index is 0.134. The Bertz CT molecular complexity index is 772. The van der Waals surface area contributed by atoms with Gasteiger partial charge in [-0.1, -0.05) is 67.6 Å². The number of Topliss-reactive ketones (excluding diaryl/α,β-unsaturated/α-hetero) is 1. The van der Waals surface area contributed by atoms with Gasteiger partial charge in [-0.25, -0.2) is 0 Å². The Morgan fingerprint density at radius 1 is 1.11 bits per heavy atom. The van der Waals surface area contributed by atoms with Gasteiger partial charge in [0.15, 0.2) is 0 Å². The molecule has 0 aliphatic heterocycles. The number of carbonyl (C=O) groups excluding carboxylic acids is 1. The van der Waals surface area contributed by atoms with Crippen molar-refractivity contribution in [3.8, 4) is 11.1 Å². The lowest BCUT2D eigenvalue weighted by molar-refractivity contribution is -0.134. The third kappa shape index (κ3) is 6.64. The number of hydrogen-bond acceptors (Lipinski definition) is 5. The lowest BCUT2D eigenvalue weighted by Crippen LogP contribution is -2.19. The smallest absolute Gasteiger partial charge is 0.300 e. The molecule has 0 spiro atoms. The second-order valence-corrected chi connectivity index (χ2v) is 7.58. The maximum atomic E-state index is 12.6. The van der Waals surface area contributed by atoms with Crippen molar-refractivity contribution in [3.63, 3.8) is 0 Å². The molecule has 1 aliphatic rings. The normalized spacial score (nSPS) is 14.9. The fraction of sp³-hybridized carbons (Fsp3) is 0.381. The molecule has 1 aromatic heterocycles. The standard InChI is InChI=1S/C19H21NO2S.C2H4O2/c21-19(17(20-22)11-14-7-3-1-4-8-14)18-12-16(13-23-18)15-9-5-2-6-10-15;1-2(3)4/h2,5-6,9-10,12-14,22H,1,3-4,7-8,11H2;1H3,(H,3,4). The van der Waals surface area contributed by atoms with Gasteiger partial charge in [0.1, 0.15) is 5.71 Å². The number of rotatable bonds is 5. The van der Waals surface area contributed by atoms with Gasteiger partial charge < -0.3 is 10.3 Å². The number of oxime groups is 1. The fourth-order valence-electron chi connectivity index (χ4n) is 3.22. The first-order valence-corrected chi connectivity index (χ1v) is 9.98. The van der Waals surface area contributed by atoms with Crippen LogP contribution in [0.5, 0.6) is 0 Å². The summed E-state index contributed by atoms with van der Waals surface area (Å²) in [7, 11) is 0. The first-order valence-electron chi connectivity index (χ1n) is 9.10. The zero-order valence-corrected chi connectivity index (χ0v) is 16.2. The third-order valence-corrected chi connectivity index (χ3v) is 5.45. The number of nitrogens with zero attached hydrogens (tertiary/aromatic N) is 1. The van der Waals surface area contributed by atoms with Gasteiger partial charge in [0, 0.05) is 6.92 Å². The SMILES string of the molecule is CC(=O)O.O=C(C(CC1CCCCC1)=NO)c1cc(-c2ccccc2)cs1. The van der Waals surface area contributed by atoms with Crippen LogP contribution in [0.3, 0.4) is 0 Å². The highest BCUT2D eigenvalue weighted by Crippen LogP contribution is 2.29. The quantitative estimate of drug-likeness (QED) is 0.307. The van der Waals surface area contributed by atoms with Crippen LogP contribution in [-0.2, 0) is 4.79 Å². The van der Waals surface area contributed by atoms with E-state index in [4.69, 9.17) is 9.90 Å². The fourth-order valence-corrected chi connectivity index (χ4v) is 4.10. The lowest BCUT2D eigenvalue weighted by Gasteiger charge is -2.21. The van der Waals surface area contributed by atoms with E-state index in [1.807, 2.05) is 41.8 Å². The maximum Gasteiger partial charge on any atom is 0.300 e. The molecule has 1 fully saturated rings. The van der Waals surface area contributed by atoms with Crippen molar-refractivity contribution in [1.82, 2.24) is 0 Å². The maximum absolute atomic E-state index is 12.6. The Morgan fingerprint density at radius 3 is 2.33 bits per heavy atom. The Morgan fingerprint density at radius 2 is 1.74 bits per heavy atom. The molecule has 5 nitrogen and oxygen atoms in total. The van der Waals surface area contributed by atoms with Crippen molar-refractivity contribution in [3.05, 3.63) is 46.7 Å². The number of carboxylic acid groups (broad SMARTS) is 1. The van der Waals surface area contributed by atoms with Crippen molar-refractivity contribution < 1.29 is 19.9 Å². The molecule has 27 heavy (non-hydrogen) atoms. The second-order valence-electron chi connectivity index (χ2n) is 6.67. The first-order chi connectivity index (χ1) is 13.0. The van der Waals surface area contributed by atoms with Gasteiger partial charge in [0.25, 0.3) is 5.97 Å². The van der Waals surface area contributed by atoms with Crippen molar-refractivity contribution in [2.45, 2.75) is 45.4 Å². The summed E-state index contributed by atoms with van der Waals surface area (Å²) >= 11 is 1.42. The molecule has 3 rings (SSSR count). The first kappa shape index (κ1) is 20.8. The van der Waals surface area contributed by atoms with Crippen molar-refractivity contribution in [2.75, 3.05) is 0 Å². The monoisotopic (exact) mass is 387 g/mol. The topological polar surface area (TPSA) is 87.0 Å². The average molecular weight is 388 g/mol. The van der Waals surface area contributed by atoms with Gasteiger partial charge in [-0.05, 0) is 34.9 Å². The molecule has 0 bridgehead atoms. The number of ketones is 1. The van der Waals surface area contributed by atoms with Gasteiger partial charge in [-0.2, -0.15) is 0 Å². The van der Waals surface area contributed by atoms with E-state index in [-0.39, 0.29) is 5.78 Å². The van der Waals surface area contributed by atoms with E-state index in [1.54, 1.807) is 0 Å². The van der Waals surface area contributed by atoms with Crippen molar-refractivity contribution in [1.29, 1.82) is 0 Å². The summed E-state index contributed by atoms with van der Waals surface area (Å²) in [6.45, 7) is 1.08. The highest BCUT2D eigenvalue weighted by atomic mass is 32.1. The predicted octanol–water partition coefficient (Wildman–Crippen LogP) is 5.49. The van der Waals surface area contributed by atoms with Crippen molar-refractivity contribution in [2.24, 2.45) is 11.1 Å². The number of carbonyl (C=O) groups is 2. The Kier molecular flexibility index (Phi) is 8.20. The molecule has 2 N–H and O–H groups in total. The molecule has 0 saturated heterocycles. The molecule has 0 unspecified atom stereocenters. The number of aliphatic carboxylic acids is 1. The third-order valence-electron chi connectivity index (χ3n) is 4.52. The molecule has 6 heteroatoms. The summed E-state index contributed by atoms with van der Waals surface area (Å²) in [4.78, 5) is 22.3. The van der Waals surface area contributed by atoms with Crippen LogP contribution in [0, 0.1) is 5.92 Å². The number of carboxylic acids is 1. The van der Waals surface area contributed by atoms with Crippen LogP contribution >= 0.6 is 11.3 Å². The van der Waals surface area contributed by atoms with Crippen LogP contribution in [0.4, 0.5) is 0 Å². The second kappa shape index (κ2) is 10.6. The van der Waals surface area contributed by atoms with E-state index in [0.29, 0.717) is 22.9 Å². The molecule has 0 amide bonds. The summed E-state index contributed by atoms with van der Waals surface area (Å²) in [6, 6.07) is 11.9. The van der Waals surface area contributed by atoms with Crippen LogP contribution in [0.2, 0.25) is 0 Å². The molecule has 0 radical (unpaired) electrons. The van der Waals surface area contributed by atoms with E-state index in [2.05, 4.69) is 5.16 Å². The van der Waals surface area contributed by atoms with Gasteiger partial charge in [-0.3, -0.25) is 9.59 Å². The molecule has 144 valence electrons. The number of benzene rings is 1. The van der Waals surface area contributed by atoms with E-state index < -0.39 is 5.97 Å². The van der Waals surface area contributed by atoms with E-state index in [9.17, 15) is 10.0 Å². The minimum atomic E-state index is -0.833. The summed E-state index contributed by atoms with van der Waals surface area (Å²) in [5.74, 6) is -0.489.